The maximum absolute atomic E-state index is 11.9. The number of aryl methyl sites for hydroxylation is 2. The summed E-state index contributed by atoms with van der Waals surface area (Å²) in [5, 5.41) is 8.87. The SMILES string of the molecule is COc1cc(C)c(C)cc1C(=O)C(N)CO. The molecule has 1 aromatic carbocycles. The van der Waals surface area contributed by atoms with E-state index in [2.05, 4.69) is 0 Å². The van der Waals surface area contributed by atoms with E-state index < -0.39 is 6.04 Å². The number of ether oxygens (including phenoxy) is 1. The average Bonchev–Trinajstić information content (AvgIpc) is 2.30. The molecule has 1 atom stereocenters. The van der Waals surface area contributed by atoms with Gasteiger partial charge in [-0.05, 0) is 37.1 Å². The second-order valence-electron chi connectivity index (χ2n) is 3.79. The smallest absolute Gasteiger partial charge is 0.185 e. The van der Waals surface area contributed by atoms with E-state index >= 15 is 0 Å². The Morgan fingerprint density at radius 3 is 2.50 bits per heavy atom. The lowest BCUT2D eigenvalue weighted by atomic mass is 9.99. The maximum atomic E-state index is 11.9. The van der Waals surface area contributed by atoms with Crippen molar-refractivity contribution in [2.45, 2.75) is 19.9 Å². The molecule has 16 heavy (non-hydrogen) atoms. The third kappa shape index (κ3) is 2.40. The monoisotopic (exact) mass is 223 g/mol. The van der Waals surface area contributed by atoms with E-state index in [1.165, 1.54) is 7.11 Å². The quantitative estimate of drug-likeness (QED) is 0.741. The standard InChI is InChI=1S/C12H17NO3/c1-7-4-9(12(15)10(13)6-14)11(16-3)5-8(7)2/h4-5,10,14H,6,13H2,1-3H3. The first-order valence-electron chi connectivity index (χ1n) is 5.07. The van der Waals surface area contributed by atoms with Crippen LogP contribution in [0.5, 0.6) is 5.75 Å². The van der Waals surface area contributed by atoms with Gasteiger partial charge in [0.2, 0.25) is 0 Å². The molecule has 1 aromatic rings. The topological polar surface area (TPSA) is 72.5 Å². The van der Waals surface area contributed by atoms with Gasteiger partial charge in [-0.25, -0.2) is 0 Å². The summed E-state index contributed by atoms with van der Waals surface area (Å²) in [4.78, 5) is 11.9. The fourth-order valence-electron chi connectivity index (χ4n) is 1.43. The third-order valence-corrected chi connectivity index (χ3v) is 2.61. The van der Waals surface area contributed by atoms with Crippen LogP contribution >= 0.6 is 0 Å². The molecule has 0 aliphatic carbocycles. The van der Waals surface area contributed by atoms with Crippen LogP contribution in [0, 0.1) is 13.8 Å². The summed E-state index contributed by atoms with van der Waals surface area (Å²) in [5.74, 6) is 0.194. The molecule has 0 aromatic heterocycles. The van der Waals surface area contributed by atoms with Gasteiger partial charge in [-0.3, -0.25) is 4.79 Å². The van der Waals surface area contributed by atoms with Crippen molar-refractivity contribution in [3.8, 4) is 5.75 Å². The number of methoxy groups -OCH3 is 1. The van der Waals surface area contributed by atoms with Gasteiger partial charge in [0.1, 0.15) is 5.75 Å². The highest BCUT2D eigenvalue weighted by Gasteiger charge is 2.19. The molecule has 0 spiro atoms. The summed E-state index contributed by atoms with van der Waals surface area (Å²) in [7, 11) is 1.51. The number of carbonyl (C=O) groups is 1. The number of rotatable bonds is 4. The molecule has 1 rings (SSSR count). The first kappa shape index (κ1) is 12.7. The van der Waals surface area contributed by atoms with Gasteiger partial charge in [0.05, 0.1) is 25.3 Å². The number of carbonyl (C=O) groups excluding carboxylic acids is 1. The number of ketones is 1. The second kappa shape index (κ2) is 5.09. The van der Waals surface area contributed by atoms with E-state index in [0.29, 0.717) is 11.3 Å². The molecule has 1 unspecified atom stereocenters. The Kier molecular flexibility index (Phi) is 4.04. The van der Waals surface area contributed by atoms with E-state index in [0.717, 1.165) is 11.1 Å². The molecule has 0 bridgehead atoms. The van der Waals surface area contributed by atoms with Crippen LogP contribution in [0.2, 0.25) is 0 Å². The summed E-state index contributed by atoms with van der Waals surface area (Å²) in [5.41, 5.74) is 7.97. The van der Waals surface area contributed by atoms with E-state index in [9.17, 15) is 4.79 Å². The third-order valence-electron chi connectivity index (χ3n) is 2.61. The number of nitrogens with two attached hydrogens (primary N) is 1. The minimum Gasteiger partial charge on any atom is -0.496 e. The van der Waals surface area contributed by atoms with Gasteiger partial charge in [-0.15, -0.1) is 0 Å². The zero-order valence-electron chi connectivity index (χ0n) is 9.78. The van der Waals surface area contributed by atoms with Crippen LogP contribution < -0.4 is 10.5 Å². The minimum atomic E-state index is -0.893. The molecule has 4 nitrogen and oxygen atoms in total. The van der Waals surface area contributed by atoms with Crippen LogP contribution in [0.3, 0.4) is 0 Å². The highest BCUT2D eigenvalue weighted by molar-refractivity contribution is 6.02. The molecular weight excluding hydrogens is 206 g/mol. The highest BCUT2D eigenvalue weighted by atomic mass is 16.5. The molecule has 0 aliphatic rings. The molecule has 4 heteroatoms. The number of aliphatic hydroxyl groups is 1. The number of benzene rings is 1. The fourth-order valence-corrected chi connectivity index (χ4v) is 1.43. The van der Waals surface area contributed by atoms with E-state index in [4.69, 9.17) is 15.6 Å². The highest BCUT2D eigenvalue weighted by Crippen LogP contribution is 2.24. The fraction of sp³-hybridized carbons (Fsp3) is 0.417. The van der Waals surface area contributed by atoms with Crippen LogP contribution in [0.25, 0.3) is 0 Å². The van der Waals surface area contributed by atoms with Crippen LogP contribution in [0.1, 0.15) is 21.5 Å². The zero-order chi connectivity index (χ0) is 12.3. The molecule has 3 N–H and O–H groups in total. The van der Waals surface area contributed by atoms with Crippen molar-refractivity contribution >= 4 is 5.78 Å². The van der Waals surface area contributed by atoms with Crippen molar-refractivity contribution in [3.63, 3.8) is 0 Å². The Hall–Kier alpha value is -1.39. The van der Waals surface area contributed by atoms with E-state index in [1.807, 2.05) is 13.8 Å². The lowest BCUT2D eigenvalue weighted by Crippen LogP contribution is -2.34. The van der Waals surface area contributed by atoms with Crippen molar-refractivity contribution in [3.05, 3.63) is 28.8 Å². The number of Topliss-reactive ketones (excluding diaryl/α,β-unsaturated/α-hetero) is 1. The van der Waals surface area contributed by atoms with E-state index in [1.54, 1.807) is 12.1 Å². The van der Waals surface area contributed by atoms with Gasteiger partial charge < -0.3 is 15.6 Å². The van der Waals surface area contributed by atoms with Crippen LogP contribution in [0.15, 0.2) is 12.1 Å². The van der Waals surface area contributed by atoms with Crippen molar-refractivity contribution in [1.29, 1.82) is 0 Å². The molecule has 0 radical (unpaired) electrons. The van der Waals surface area contributed by atoms with Gasteiger partial charge in [0, 0.05) is 0 Å². The molecular formula is C12H17NO3. The van der Waals surface area contributed by atoms with Gasteiger partial charge in [-0.1, -0.05) is 0 Å². The van der Waals surface area contributed by atoms with Crippen molar-refractivity contribution in [1.82, 2.24) is 0 Å². The predicted octanol–water partition coefficient (Wildman–Crippen LogP) is 0.814. The Labute approximate surface area is 95.0 Å². The summed E-state index contributed by atoms with van der Waals surface area (Å²) in [6.07, 6.45) is 0. The zero-order valence-corrected chi connectivity index (χ0v) is 9.78. The molecule has 0 fully saturated rings. The van der Waals surface area contributed by atoms with Crippen LogP contribution in [-0.4, -0.2) is 30.6 Å². The molecule has 88 valence electrons. The second-order valence-corrected chi connectivity index (χ2v) is 3.79. The number of aliphatic hydroxyl groups excluding tert-OH is 1. The normalized spacial score (nSPS) is 12.3. The Morgan fingerprint density at radius 1 is 1.44 bits per heavy atom. The Morgan fingerprint density at radius 2 is 2.00 bits per heavy atom. The van der Waals surface area contributed by atoms with Crippen molar-refractivity contribution in [2.75, 3.05) is 13.7 Å². The lowest BCUT2D eigenvalue weighted by Gasteiger charge is -2.13. The summed E-state index contributed by atoms with van der Waals surface area (Å²) >= 11 is 0. The van der Waals surface area contributed by atoms with Gasteiger partial charge in [0.25, 0.3) is 0 Å². The molecule has 0 saturated carbocycles. The molecule has 0 saturated heterocycles. The average molecular weight is 223 g/mol. The van der Waals surface area contributed by atoms with Crippen molar-refractivity contribution in [2.24, 2.45) is 5.73 Å². The van der Waals surface area contributed by atoms with Gasteiger partial charge in [0.15, 0.2) is 5.78 Å². The molecule has 0 heterocycles. The Balaban J connectivity index is 3.21. The number of hydrogen-bond donors (Lipinski definition) is 2. The summed E-state index contributed by atoms with van der Waals surface area (Å²) in [6, 6.07) is 2.65. The van der Waals surface area contributed by atoms with Gasteiger partial charge >= 0.3 is 0 Å². The largest absolute Gasteiger partial charge is 0.496 e. The van der Waals surface area contributed by atoms with Crippen molar-refractivity contribution < 1.29 is 14.6 Å². The first-order chi connectivity index (χ1) is 7.51. The molecule has 0 aliphatic heterocycles. The summed E-state index contributed by atoms with van der Waals surface area (Å²) < 4.78 is 5.14. The van der Waals surface area contributed by atoms with Crippen LogP contribution in [-0.2, 0) is 0 Å². The minimum absolute atomic E-state index is 0.303. The maximum Gasteiger partial charge on any atom is 0.185 e. The van der Waals surface area contributed by atoms with Gasteiger partial charge in [-0.2, -0.15) is 0 Å². The van der Waals surface area contributed by atoms with Crippen LogP contribution in [0.4, 0.5) is 0 Å². The first-order valence-corrected chi connectivity index (χ1v) is 5.07. The summed E-state index contributed by atoms with van der Waals surface area (Å²) in [6.45, 7) is 3.49. The van der Waals surface area contributed by atoms with E-state index in [-0.39, 0.29) is 12.4 Å². The predicted molar refractivity (Wildman–Crippen MR) is 61.9 cm³/mol. The lowest BCUT2D eigenvalue weighted by molar-refractivity contribution is 0.0922. The molecule has 0 amide bonds. The number of hydrogen-bond acceptors (Lipinski definition) is 4. The Bertz CT molecular complexity index is 401.